The third-order valence-electron chi connectivity index (χ3n) is 3.11. The fourth-order valence-electron chi connectivity index (χ4n) is 2.12. The molecule has 0 radical (unpaired) electrons. The average molecular weight is 293 g/mol. The lowest BCUT2D eigenvalue weighted by atomic mass is 10.1. The van der Waals surface area contributed by atoms with E-state index < -0.39 is 22.2 Å². The van der Waals surface area contributed by atoms with E-state index in [1.807, 2.05) is 19.0 Å². The lowest BCUT2D eigenvalue weighted by Crippen LogP contribution is -2.52. The number of piperidine rings is 1. The highest BCUT2D eigenvalue weighted by atomic mass is 32.2. The first kappa shape index (κ1) is 16.4. The van der Waals surface area contributed by atoms with Crippen LogP contribution in [0.3, 0.4) is 0 Å². The quantitative estimate of drug-likeness (QED) is 0.630. The number of hydrogen-bond acceptors (Lipinski definition) is 4. The number of hydrogen-bond donors (Lipinski definition) is 2. The maximum atomic E-state index is 12.1. The summed E-state index contributed by atoms with van der Waals surface area (Å²) in [6, 6.07) is -0.930. The normalized spacial score (nSPS) is 21.7. The Morgan fingerprint density at radius 2 is 2.11 bits per heavy atom. The lowest BCUT2D eigenvalue weighted by Gasteiger charge is -2.31. The van der Waals surface area contributed by atoms with Crippen molar-refractivity contribution in [1.82, 2.24) is 13.9 Å². The number of carboxylic acids is 1. The van der Waals surface area contributed by atoms with Gasteiger partial charge in [-0.2, -0.15) is 12.7 Å². The zero-order valence-electron chi connectivity index (χ0n) is 11.5. The minimum absolute atomic E-state index is 0.278. The van der Waals surface area contributed by atoms with Crippen LogP contribution in [0.15, 0.2) is 0 Å². The van der Waals surface area contributed by atoms with Crippen molar-refractivity contribution in [2.75, 3.05) is 33.7 Å². The summed E-state index contributed by atoms with van der Waals surface area (Å²) < 4.78 is 27.7. The number of rotatable bonds is 7. The molecular formula is C11H23N3O4S. The van der Waals surface area contributed by atoms with Crippen molar-refractivity contribution in [2.45, 2.75) is 31.7 Å². The molecule has 0 spiro atoms. The first-order valence-corrected chi connectivity index (χ1v) is 7.92. The second-order valence-electron chi connectivity index (χ2n) is 5.02. The fraction of sp³-hybridized carbons (Fsp3) is 0.909. The van der Waals surface area contributed by atoms with Gasteiger partial charge in [-0.3, -0.25) is 4.79 Å². The molecule has 112 valence electrons. The first-order chi connectivity index (χ1) is 8.84. The summed E-state index contributed by atoms with van der Waals surface area (Å²) in [6.45, 7) is 1.38. The second-order valence-corrected chi connectivity index (χ2v) is 6.72. The lowest BCUT2D eigenvalue weighted by molar-refractivity contribution is -0.142. The van der Waals surface area contributed by atoms with E-state index in [1.165, 1.54) is 0 Å². The van der Waals surface area contributed by atoms with E-state index in [9.17, 15) is 13.2 Å². The van der Waals surface area contributed by atoms with Crippen molar-refractivity contribution in [1.29, 1.82) is 0 Å². The SMILES string of the molecule is CN(C)CCCNS(=O)(=O)N1CCCCC1C(=O)O. The Hall–Kier alpha value is -0.700. The second kappa shape index (κ2) is 7.18. The van der Waals surface area contributed by atoms with Crippen LogP contribution >= 0.6 is 0 Å². The van der Waals surface area contributed by atoms with Crippen LogP contribution in [0, 0.1) is 0 Å². The van der Waals surface area contributed by atoms with Crippen LogP contribution in [0.4, 0.5) is 0 Å². The van der Waals surface area contributed by atoms with E-state index in [1.54, 1.807) is 0 Å². The molecule has 1 atom stereocenters. The Labute approximate surface area is 114 Å². The highest BCUT2D eigenvalue weighted by Gasteiger charge is 2.36. The largest absolute Gasteiger partial charge is 0.480 e. The molecule has 19 heavy (non-hydrogen) atoms. The minimum atomic E-state index is -3.69. The van der Waals surface area contributed by atoms with Gasteiger partial charge in [-0.05, 0) is 46.3 Å². The Morgan fingerprint density at radius 3 is 2.68 bits per heavy atom. The Bertz CT molecular complexity index is 397. The van der Waals surface area contributed by atoms with Crippen LogP contribution < -0.4 is 4.72 Å². The summed E-state index contributed by atoms with van der Waals surface area (Å²) in [5.41, 5.74) is 0. The highest BCUT2D eigenvalue weighted by molar-refractivity contribution is 7.87. The molecule has 0 bridgehead atoms. The third-order valence-corrected chi connectivity index (χ3v) is 4.74. The van der Waals surface area contributed by atoms with Crippen molar-refractivity contribution in [2.24, 2.45) is 0 Å². The summed E-state index contributed by atoms with van der Waals surface area (Å²) in [7, 11) is 0.141. The van der Waals surface area contributed by atoms with E-state index in [0.717, 1.165) is 17.3 Å². The van der Waals surface area contributed by atoms with Gasteiger partial charge >= 0.3 is 5.97 Å². The van der Waals surface area contributed by atoms with Gasteiger partial charge in [0.2, 0.25) is 0 Å². The van der Waals surface area contributed by atoms with Gasteiger partial charge in [0.1, 0.15) is 6.04 Å². The Kier molecular flexibility index (Phi) is 6.18. The van der Waals surface area contributed by atoms with Crippen molar-refractivity contribution in [3.63, 3.8) is 0 Å². The van der Waals surface area contributed by atoms with E-state index >= 15 is 0 Å². The van der Waals surface area contributed by atoms with Gasteiger partial charge in [0.25, 0.3) is 10.2 Å². The molecular weight excluding hydrogens is 270 g/mol. The van der Waals surface area contributed by atoms with E-state index in [0.29, 0.717) is 25.8 Å². The Balaban J connectivity index is 2.56. The van der Waals surface area contributed by atoms with Crippen LogP contribution in [0.1, 0.15) is 25.7 Å². The van der Waals surface area contributed by atoms with Crippen LogP contribution in [-0.4, -0.2) is 68.5 Å². The summed E-state index contributed by atoms with van der Waals surface area (Å²) in [4.78, 5) is 13.1. The molecule has 0 amide bonds. The molecule has 1 unspecified atom stereocenters. The Morgan fingerprint density at radius 1 is 1.42 bits per heavy atom. The van der Waals surface area contributed by atoms with Gasteiger partial charge < -0.3 is 10.0 Å². The molecule has 1 aliphatic rings. The van der Waals surface area contributed by atoms with Crippen LogP contribution in [-0.2, 0) is 15.0 Å². The standard InChI is InChI=1S/C11H23N3O4S/c1-13(2)8-5-7-12-19(17,18)14-9-4-3-6-10(14)11(15)16/h10,12H,3-9H2,1-2H3,(H,15,16). The zero-order chi connectivity index (χ0) is 14.5. The number of nitrogens with one attached hydrogen (secondary N) is 1. The number of nitrogens with zero attached hydrogens (tertiary/aromatic N) is 2. The first-order valence-electron chi connectivity index (χ1n) is 6.48. The number of carboxylic acid groups (broad SMARTS) is 1. The highest BCUT2D eigenvalue weighted by Crippen LogP contribution is 2.19. The molecule has 0 aromatic rings. The minimum Gasteiger partial charge on any atom is -0.480 e. The molecule has 1 heterocycles. The molecule has 0 aromatic carbocycles. The molecule has 0 saturated carbocycles. The van der Waals surface area contributed by atoms with Gasteiger partial charge in [-0.25, -0.2) is 4.72 Å². The maximum Gasteiger partial charge on any atom is 0.322 e. The topological polar surface area (TPSA) is 90.0 Å². The van der Waals surface area contributed by atoms with Gasteiger partial charge in [0.15, 0.2) is 0 Å². The summed E-state index contributed by atoms with van der Waals surface area (Å²) >= 11 is 0. The van der Waals surface area contributed by atoms with Gasteiger partial charge in [0.05, 0.1) is 0 Å². The summed E-state index contributed by atoms with van der Waals surface area (Å²) in [5.74, 6) is -1.07. The summed E-state index contributed by atoms with van der Waals surface area (Å²) in [6.07, 6.45) is 2.54. The molecule has 2 N–H and O–H groups in total. The molecule has 1 fully saturated rings. The maximum absolute atomic E-state index is 12.1. The van der Waals surface area contributed by atoms with Crippen LogP contribution in [0.2, 0.25) is 0 Å². The number of aliphatic carboxylic acids is 1. The van der Waals surface area contributed by atoms with Crippen LogP contribution in [0.25, 0.3) is 0 Å². The van der Waals surface area contributed by atoms with Crippen molar-refractivity contribution in [3.8, 4) is 0 Å². The van der Waals surface area contributed by atoms with E-state index in [4.69, 9.17) is 5.11 Å². The average Bonchev–Trinajstić information content (AvgIpc) is 2.34. The van der Waals surface area contributed by atoms with E-state index in [2.05, 4.69) is 4.72 Å². The predicted molar refractivity (Wildman–Crippen MR) is 72.1 cm³/mol. The molecule has 0 aliphatic carbocycles. The third kappa shape index (κ3) is 5.06. The predicted octanol–water partition coefficient (Wildman–Crippen LogP) is -0.288. The summed E-state index contributed by atoms with van der Waals surface area (Å²) in [5, 5.41) is 9.08. The van der Waals surface area contributed by atoms with Crippen molar-refractivity contribution < 1.29 is 18.3 Å². The number of carbonyl (C=O) groups is 1. The monoisotopic (exact) mass is 293 g/mol. The van der Waals surface area contributed by atoms with Gasteiger partial charge in [-0.15, -0.1) is 0 Å². The van der Waals surface area contributed by atoms with Crippen LogP contribution in [0.5, 0.6) is 0 Å². The van der Waals surface area contributed by atoms with Crippen molar-refractivity contribution in [3.05, 3.63) is 0 Å². The molecule has 0 aromatic heterocycles. The molecule has 1 saturated heterocycles. The molecule has 7 nitrogen and oxygen atoms in total. The fourth-order valence-corrected chi connectivity index (χ4v) is 3.59. The van der Waals surface area contributed by atoms with Crippen molar-refractivity contribution >= 4 is 16.2 Å². The van der Waals surface area contributed by atoms with E-state index in [-0.39, 0.29) is 6.54 Å². The molecule has 8 heteroatoms. The smallest absolute Gasteiger partial charge is 0.322 e. The zero-order valence-corrected chi connectivity index (χ0v) is 12.3. The van der Waals surface area contributed by atoms with Gasteiger partial charge in [0, 0.05) is 13.1 Å². The molecule has 1 aliphatic heterocycles. The molecule has 1 rings (SSSR count). The van der Waals surface area contributed by atoms with Gasteiger partial charge in [-0.1, -0.05) is 0 Å².